The van der Waals surface area contributed by atoms with Crippen LogP contribution in [0, 0.1) is 0 Å². The summed E-state index contributed by atoms with van der Waals surface area (Å²) < 4.78 is 0. The zero-order chi connectivity index (χ0) is 15.5. The largest absolute Gasteiger partial charge is 0.394 e. The quantitative estimate of drug-likeness (QED) is 0.360. The highest BCUT2D eigenvalue weighted by Crippen LogP contribution is 2.17. The topological polar surface area (TPSA) is 66.5 Å². The first-order chi connectivity index (χ1) is 9.33. The molecule has 0 aromatic heterocycles. The molecule has 4 N–H and O–H groups in total. The molecule has 20 heavy (non-hydrogen) atoms. The lowest BCUT2D eigenvalue weighted by atomic mass is 9.94. The van der Waals surface area contributed by atoms with Crippen LogP contribution in [-0.2, 0) is 0 Å². The summed E-state index contributed by atoms with van der Waals surface area (Å²) in [5.41, 5.74) is 5.06. The standard InChI is InChI=1S/C16H37NO2Si/c1-20(2,3)13-11-9-7-5-4-6-8-10-12-16(17,14-18)15-19/h18-19H,4-15,17H2,1-3H3. The minimum atomic E-state index is -0.821. The number of hydrogen-bond donors (Lipinski definition) is 3. The lowest BCUT2D eigenvalue weighted by Crippen LogP contribution is -2.47. The van der Waals surface area contributed by atoms with Crippen molar-refractivity contribution in [2.24, 2.45) is 5.73 Å². The third kappa shape index (κ3) is 11.9. The molecule has 0 rings (SSSR count). The van der Waals surface area contributed by atoms with Gasteiger partial charge in [-0.1, -0.05) is 77.1 Å². The molecule has 0 atom stereocenters. The lowest BCUT2D eigenvalue weighted by molar-refractivity contribution is 0.112. The van der Waals surface area contributed by atoms with Crippen LogP contribution in [0.2, 0.25) is 25.7 Å². The summed E-state index contributed by atoms with van der Waals surface area (Å²) in [5, 5.41) is 18.2. The van der Waals surface area contributed by atoms with Gasteiger partial charge in [0.15, 0.2) is 0 Å². The van der Waals surface area contributed by atoms with Crippen molar-refractivity contribution in [2.45, 2.75) is 89.0 Å². The Morgan fingerprint density at radius 1 is 0.750 bits per heavy atom. The van der Waals surface area contributed by atoms with Crippen LogP contribution < -0.4 is 5.73 Å². The average Bonchev–Trinajstić information content (AvgIpc) is 2.39. The second kappa shape index (κ2) is 10.8. The zero-order valence-corrected chi connectivity index (χ0v) is 15.0. The van der Waals surface area contributed by atoms with E-state index in [0.29, 0.717) is 0 Å². The molecule has 0 unspecified atom stereocenters. The van der Waals surface area contributed by atoms with Gasteiger partial charge in [-0.25, -0.2) is 0 Å². The van der Waals surface area contributed by atoms with Crippen molar-refractivity contribution in [1.82, 2.24) is 0 Å². The second-order valence-electron chi connectivity index (χ2n) is 7.57. The molecule has 0 fully saturated rings. The van der Waals surface area contributed by atoms with Gasteiger partial charge in [-0.3, -0.25) is 0 Å². The number of aliphatic hydroxyl groups is 2. The molecule has 0 radical (unpaired) electrons. The smallest absolute Gasteiger partial charge is 0.0633 e. The molecule has 122 valence electrons. The van der Waals surface area contributed by atoms with Crippen LogP contribution in [0.3, 0.4) is 0 Å². The van der Waals surface area contributed by atoms with Crippen LogP contribution in [0.25, 0.3) is 0 Å². The molecule has 0 aromatic rings. The monoisotopic (exact) mass is 303 g/mol. The fourth-order valence-electron chi connectivity index (χ4n) is 2.40. The third-order valence-electron chi connectivity index (χ3n) is 3.98. The number of unbranched alkanes of at least 4 members (excludes halogenated alkanes) is 7. The first kappa shape index (κ1) is 20.1. The minimum Gasteiger partial charge on any atom is -0.394 e. The number of hydrogen-bond acceptors (Lipinski definition) is 3. The highest BCUT2D eigenvalue weighted by atomic mass is 28.3. The molecular formula is C16H37NO2Si. The van der Waals surface area contributed by atoms with Gasteiger partial charge in [-0.2, -0.15) is 0 Å². The van der Waals surface area contributed by atoms with E-state index >= 15 is 0 Å². The van der Waals surface area contributed by atoms with Crippen LogP contribution in [0.15, 0.2) is 0 Å². The molecule has 0 heterocycles. The number of nitrogens with two attached hydrogens (primary N) is 1. The Kier molecular flexibility index (Phi) is 10.8. The fraction of sp³-hybridized carbons (Fsp3) is 1.00. The lowest BCUT2D eigenvalue weighted by Gasteiger charge is -2.24. The number of aliphatic hydroxyl groups excluding tert-OH is 2. The van der Waals surface area contributed by atoms with Crippen LogP contribution in [-0.4, -0.2) is 37.0 Å². The highest BCUT2D eigenvalue weighted by Gasteiger charge is 2.21. The first-order valence-corrected chi connectivity index (χ1v) is 12.0. The van der Waals surface area contributed by atoms with Gasteiger partial charge in [0, 0.05) is 8.07 Å². The van der Waals surface area contributed by atoms with Gasteiger partial charge in [0.1, 0.15) is 0 Å². The van der Waals surface area contributed by atoms with Gasteiger partial charge >= 0.3 is 0 Å². The Hall–Kier alpha value is 0.0969. The number of rotatable bonds is 13. The van der Waals surface area contributed by atoms with E-state index in [0.717, 1.165) is 19.3 Å². The van der Waals surface area contributed by atoms with Crippen molar-refractivity contribution in [3.05, 3.63) is 0 Å². The van der Waals surface area contributed by atoms with Gasteiger partial charge in [0.05, 0.1) is 18.8 Å². The van der Waals surface area contributed by atoms with Crippen molar-refractivity contribution in [3.8, 4) is 0 Å². The molecule has 0 aliphatic carbocycles. The predicted octanol–water partition coefficient (Wildman–Crippen LogP) is 3.52. The summed E-state index contributed by atoms with van der Waals surface area (Å²) >= 11 is 0. The van der Waals surface area contributed by atoms with Crippen molar-refractivity contribution >= 4 is 8.07 Å². The fourth-order valence-corrected chi connectivity index (χ4v) is 3.71. The molecule has 0 aromatic carbocycles. The first-order valence-electron chi connectivity index (χ1n) is 8.34. The maximum atomic E-state index is 9.08. The Bertz CT molecular complexity index is 225. The predicted molar refractivity (Wildman–Crippen MR) is 90.8 cm³/mol. The van der Waals surface area contributed by atoms with E-state index in [4.69, 9.17) is 15.9 Å². The van der Waals surface area contributed by atoms with Gasteiger partial charge in [0.2, 0.25) is 0 Å². The van der Waals surface area contributed by atoms with E-state index in [1.54, 1.807) is 0 Å². The molecule has 0 spiro atoms. The minimum absolute atomic E-state index is 0.124. The van der Waals surface area contributed by atoms with E-state index in [1.807, 2.05) is 0 Å². The van der Waals surface area contributed by atoms with Crippen LogP contribution in [0.5, 0.6) is 0 Å². The highest BCUT2D eigenvalue weighted by molar-refractivity contribution is 6.76. The summed E-state index contributed by atoms with van der Waals surface area (Å²) in [6.45, 7) is 7.09. The van der Waals surface area contributed by atoms with Crippen LogP contribution >= 0.6 is 0 Å². The molecule has 0 aliphatic heterocycles. The van der Waals surface area contributed by atoms with E-state index in [-0.39, 0.29) is 13.2 Å². The molecule has 0 bridgehead atoms. The van der Waals surface area contributed by atoms with Gasteiger partial charge < -0.3 is 15.9 Å². The molecular weight excluding hydrogens is 266 g/mol. The van der Waals surface area contributed by atoms with Crippen molar-refractivity contribution in [1.29, 1.82) is 0 Å². The SMILES string of the molecule is C[Si](C)(C)CCCCCCCCCCC(N)(CO)CO. The van der Waals surface area contributed by atoms with Gasteiger partial charge in [0.25, 0.3) is 0 Å². The summed E-state index contributed by atoms with van der Waals surface area (Å²) in [6, 6.07) is 1.47. The summed E-state index contributed by atoms with van der Waals surface area (Å²) in [4.78, 5) is 0. The van der Waals surface area contributed by atoms with E-state index < -0.39 is 13.6 Å². The molecule has 4 heteroatoms. The van der Waals surface area contributed by atoms with Crippen LogP contribution in [0.1, 0.15) is 57.8 Å². The van der Waals surface area contributed by atoms with E-state index in [9.17, 15) is 0 Å². The molecule has 0 amide bonds. The van der Waals surface area contributed by atoms with Crippen molar-refractivity contribution in [2.75, 3.05) is 13.2 Å². The second-order valence-corrected chi connectivity index (χ2v) is 13.2. The molecule has 0 saturated heterocycles. The summed E-state index contributed by atoms with van der Waals surface area (Å²) in [5.74, 6) is 0. The Labute approximate surface area is 127 Å². The van der Waals surface area contributed by atoms with Gasteiger partial charge in [-0.05, 0) is 6.42 Å². The summed E-state index contributed by atoms with van der Waals surface area (Å²) in [7, 11) is -0.821. The molecule has 3 nitrogen and oxygen atoms in total. The third-order valence-corrected chi connectivity index (χ3v) is 5.83. The van der Waals surface area contributed by atoms with Crippen LogP contribution in [0.4, 0.5) is 0 Å². The normalized spacial score (nSPS) is 12.9. The van der Waals surface area contributed by atoms with Crippen molar-refractivity contribution in [3.63, 3.8) is 0 Å². The van der Waals surface area contributed by atoms with E-state index in [2.05, 4.69) is 19.6 Å². The molecule has 0 aliphatic rings. The van der Waals surface area contributed by atoms with Crippen molar-refractivity contribution < 1.29 is 10.2 Å². The maximum absolute atomic E-state index is 9.08. The van der Waals surface area contributed by atoms with Gasteiger partial charge in [-0.15, -0.1) is 0 Å². The molecule has 0 saturated carbocycles. The maximum Gasteiger partial charge on any atom is 0.0633 e. The Morgan fingerprint density at radius 2 is 1.15 bits per heavy atom. The Balaban J connectivity index is 3.29. The van der Waals surface area contributed by atoms with E-state index in [1.165, 1.54) is 44.6 Å². The summed E-state index contributed by atoms with van der Waals surface area (Å²) in [6.07, 6.45) is 11.0. The Morgan fingerprint density at radius 3 is 1.55 bits per heavy atom. The zero-order valence-electron chi connectivity index (χ0n) is 14.0. The average molecular weight is 304 g/mol.